The average Bonchev–Trinajstić information content (AvgIpc) is 3.01. The van der Waals surface area contributed by atoms with E-state index in [1.807, 2.05) is 25.1 Å². The zero-order valence-electron chi connectivity index (χ0n) is 13.3. The highest BCUT2D eigenvalue weighted by Crippen LogP contribution is 2.32. The Morgan fingerprint density at radius 2 is 2.09 bits per heavy atom. The van der Waals surface area contributed by atoms with Crippen LogP contribution in [0.2, 0.25) is 0 Å². The summed E-state index contributed by atoms with van der Waals surface area (Å²) in [6.07, 6.45) is 3.33. The van der Waals surface area contributed by atoms with E-state index in [1.54, 1.807) is 12.2 Å². The Morgan fingerprint density at radius 3 is 2.91 bits per heavy atom. The molecule has 2 heterocycles. The van der Waals surface area contributed by atoms with E-state index in [0.717, 1.165) is 44.2 Å². The maximum atomic E-state index is 12.0. The second kappa shape index (κ2) is 7.48. The largest absolute Gasteiger partial charge is 0.454 e. The molecule has 0 spiro atoms. The monoisotopic (exact) mass is 318 g/mol. The van der Waals surface area contributed by atoms with Gasteiger partial charge in [0.2, 0.25) is 12.7 Å². The van der Waals surface area contributed by atoms with E-state index in [0.29, 0.717) is 5.75 Å². The van der Waals surface area contributed by atoms with Crippen molar-refractivity contribution >= 4 is 12.0 Å². The number of amides is 1. The van der Waals surface area contributed by atoms with E-state index in [1.165, 1.54) is 0 Å². The van der Waals surface area contributed by atoms with E-state index in [2.05, 4.69) is 10.2 Å². The Hall–Kier alpha value is -2.05. The zero-order valence-corrected chi connectivity index (χ0v) is 13.3. The lowest BCUT2D eigenvalue weighted by Crippen LogP contribution is -2.45. The van der Waals surface area contributed by atoms with Gasteiger partial charge >= 0.3 is 0 Å². The molecule has 124 valence electrons. The van der Waals surface area contributed by atoms with Gasteiger partial charge in [-0.25, -0.2) is 0 Å². The van der Waals surface area contributed by atoms with Crippen LogP contribution in [0, 0.1) is 0 Å². The number of benzene rings is 1. The molecule has 0 bridgehead atoms. The summed E-state index contributed by atoms with van der Waals surface area (Å²) in [4.78, 5) is 14.3. The van der Waals surface area contributed by atoms with Crippen LogP contribution in [0.25, 0.3) is 6.08 Å². The molecule has 2 aliphatic rings. The van der Waals surface area contributed by atoms with Gasteiger partial charge in [-0.1, -0.05) is 6.07 Å². The van der Waals surface area contributed by atoms with Crippen molar-refractivity contribution in [3.63, 3.8) is 0 Å². The summed E-state index contributed by atoms with van der Waals surface area (Å²) in [7, 11) is 0. The number of ether oxygens (including phenoxy) is 3. The van der Waals surface area contributed by atoms with Crippen molar-refractivity contribution in [1.82, 2.24) is 10.2 Å². The Labute approximate surface area is 136 Å². The first-order chi connectivity index (χ1) is 11.2. The second-order valence-corrected chi connectivity index (χ2v) is 5.77. The van der Waals surface area contributed by atoms with Crippen LogP contribution in [0.4, 0.5) is 0 Å². The normalized spacial score (nSPS) is 19.0. The highest BCUT2D eigenvalue weighted by molar-refractivity contribution is 5.92. The topological polar surface area (TPSA) is 60.0 Å². The minimum Gasteiger partial charge on any atom is -0.454 e. The fourth-order valence-corrected chi connectivity index (χ4v) is 2.70. The van der Waals surface area contributed by atoms with Gasteiger partial charge in [-0.2, -0.15) is 0 Å². The molecule has 1 aromatic rings. The Kier molecular flexibility index (Phi) is 5.15. The number of carbonyl (C=O) groups is 1. The minimum absolute atomic E-state index is 0.0940. The molecule has 3 rings (SSSR count). The van der Waals surface area contributed by atoms with Gasteiger partial charge in [0.15, 0.2) is 11.5 Å². The molecular formula is C17H22N2O4. The standard InChI is InChI=1S/C17H22N2O4/c1-13(11-19-6-8-21-9-7-19)18-17(20)5-3-14-2-4-15-16(10-14)23-12-22-15/h2-5,10,13H,6-9,11-12H2,1H3,(H,18,20)/b5-3+/t13-/m0/s1. The summed E-state index contributed by atoms with van der Waals surface area (Å²) in [6.45, 7) is 6.49. The van der Waals surface area contributed by atoms with Crippen LogP contribution < -0.4 is 14.8 Å². The summed E-state index contributed by atoms with van der Waals surface area (Å²) < 4.78 is 15.9. The van der Waals surface area contributed by atoms with Crippen molar-refractivity contribution in [2.24, 2.45) is 0 Å². The van der Waals surface area contributed by atoms with Crippen molar-refractivity contribution in [2.75, 3.05) is 39.6 Å². The number of hydrogen-bond acceptors (Lipinski definition) is 5. The van der Waals surface area contributed by atoms with Crippen molar-refractivity contribution in [1.29, 1.82) is 0 Å². The molecule has 0 radical (unpaired) electrons. The van der Waals surface area contributed by atoms with Gasteiger partial charge in [-0.15, -0.1) is 0 Å². The molecular weight excluding hydrogens is 296 g/mol. The zero-order chi connectivity index (χ0) is 16.1. The summed E-state index contributed by atoms with van der Waals surface area (Å²) in [5.41, 5.74) is 0.908. The van der Waals surface area contributed by atoms with Gasteiger partial charge in [0.25, 0.3) is 0 Å². The minimum atomic E-state index is -0.0940. The van der Waals surface area contributed by atoms with Gasteiger partial charge < -0.3 is 19.5 Å². The van der Waals surface area contributed by atoms with Crippen LogP contribution in [0.3, 0.4) is 0 Å². The molecule has 1 fully saturated rings. The highest BCUT2D eigenvalue weighted by atomic mass is 16.7. The van der Waals surface area contributed by atoms with Crippen LogP contribution in [0.5, 0.6) is 11.5 Å². The van der Waals surface area contributed by atoms with Gasteiger partial charge in [0, 0.05) is 31.8 Å². The van der Waals surface area contributed by atoms with Gasteiger partial charge in [-0.05, 0) is 30.7 Å². The summed E-state index contributed by atoms with van der Waals surface area (Å²) >= 11 is 0. The summed E-state index contributed by atoms with van der Waals surface area (Å²) in [6, 6.07) is 5.71. The van der Waals surface area contributed by atoms with E-state index < -0.39 is 0 Å². The predicted molar refractivity (Wildman–Crippen MR) is 86.5 cm³/mol. The van der Waals surface area contributed by atoms with E-state index >= 15 is 0 Å². The number of hydrogen-bond donors (Lipinski definition) is 1. The molecule has 23 heavy (non-hydrogen) atoms. The first-order valence-corrected chi connectivity index (χ1v) is 7.89. The van der Waals surface area contributed by atoms with E-state index in [-0.39, 0.29) is 18.7 Å². The van der Waals surface area contributed by atoms with Crippen molar-refractivity contribution in [3.05, 3.63) is 29.8 Å². The van der Waals surface area contributed by atoms with Crippen molar-refractivity contribution in [3.8, 4) is 11.5 Å². The smallest absolute Gasteiger partial charge is 0.244 e. The second-order valence-electron chi connectivity index (χ2n) is 5.77. The maximum absolute atomic E-state index is 12.0. The van der Waals surface area contributed by atoms with Crippen LogP contribution in [0.1, 0.15) is 12.5 Å². The molecule has 0 saturated carbocycles. The maximum Gasteiger partial charge on any atom is 0.244 e. The first kappa shape index (κ1) is 15.8. The number of morpholine rings is 1. The fraction of sp³-hybridized carbons (Fsp3) is 0.471. The molecule has 1 saturated heterocycles. The van der Waals surface area contributed by atoms with Crippen molar-refractivity contribution in [2.45, 2.75) is 13.0 Å². The fourth-order valence-electron chi connectivity index (χ4n) is 2.70. The third-order valence-corrected chi connectivity index (χ3v) is 3.85. The third-order valence-electron chi connectivity index (χ3n) is 3.85. The van der Waals surface area contributed by atoms with Gasteiger partial charge in [0.05, 0.1) is 13.2 Å². The third kappa shape index (κ3) is 4.46. The lowest BCUT2D eigenvalue weighted by molar-refractivity contribution is -0.117. The molecule has 6 heteroatoms. The Balaban J connectivity index is 1.48. The lowest BCUT2D eigenvalue weighted by atomic mass is 10.2. The number of nitrogens with one attached hydrogen (secondary N) is 1. The van der Waals surface area contributed by atoms with Crippen LogP contribution >= 0.6 is 0 Å². The van der Waals surface area contributed by atoms with Crippen LogP contribution in [-0.2, 0) is 9.53 Å². The SMILES string of the molecule is C[C@@H](CN1CCOCC1)NC(=O)/C=C/c1ccc2c(c1)OCO2. The summed E-state index contributed by atoms with van der Waals surface area (Å²) in [5, 5.41) is 2.99. The number of rotatable bonds is 5. The molecule has 6 nitrogen and oxygen atoms in total. The van der Waals surface area contributed by atoms with Gasteiger partial charge in [-0.3, -0.25) is 9.69 Å². The quantitative estimate of drug-likeness (QED) is 0.829. The molecule has 1 atom stereocenters. The molecule has 0 aliphatic carbocycles. The van der Waals surface area contributed by atoms with E-state index in [9.17, 15) is 4.79 Å². The average molecular weight is 318 g/mol. The first-order valence-electron chi connectivity index (χ1n) is 7.89. The molecule has 2 aliphatic heterocycles. The highest BCUT2D eigenvalue weighted by Gasteiger charge is 2.15. The van der Waals surface area contributed by atoms with Crippen LogP contribution in [-0.4, -0.2) is 56.5 Å². The number of fused-ring (bicyclic) bond motifs is 1. The predicted octanol–water partition coefficient (Wildman–Crippen LogP) is 1.27. The molecule has 1 aromatic carbocycles. The molecule has 1 amide bonds. The lowest BCUT2D eigenvalue weighted by Gasteiger charge is -2.29. The Bertz CT molecular complexity index is 582. The Morgan fingerprint density at radius 1 is 1.30 bits per heavy atom. The number of nitrogens with zero attached hydrogens (tertiary/aromatic N) is 1. The van der Waals surface area contributed by atoms with E-state index in [4.69, 9.17) is 14.2 Å². The molecule has 1 N–H and O–H groups in total. The molecule has 0 unspecified atom stereocenters. The number of carbonyl (C=O) groups excluding carboxylic acids is 1. The summed E-state index contributed by atoms with van der Waals surface area (Å²) in [5.74, 6) is 1.36. The van der Waals surface area contributed by atoms with Crippen LogP contribution in [0.15, 0.2) is 24.3 Å². The molecule has 0 aromatic heterocycles. The van der Waals surface area contributed by atoms with Gasteiger partial charge in [0.1, 0.15) is 0 Å². The van der Waals surface area contributed by atoms with Crippen molar-refractivity contribution < 1.29 is 19.0 Å².